The summed E-state index contributed by atoms with van der Waals surface area (Å²) in [4.78, 5) is 0. The summed E-state index contributed by atoms with van der Waals surface area (Å²) in [6.45, 7) is 2.82. The van der Waals surface area contributed by atoms with Gasteiger partial charge in [-0.1, -0.05) is 0 Å². The minimum Gasteiger partial charge on any atom is -0.486 e. The van der Waals surface area contributed by atoms with Crippen molar-refractivity contribution in [2.45, 2.75) is 32.1 Å². The van der Waals surface area contributed by atoms with Gasteiger partial charge < -0.3 is 14.8 Å². The van der Waals surface area contributed by atoms with Crippen LogP contribution in [0, 0.1) is 0 Å². The molecule has 1 aliphatic heterocycles. The van der Waals surface area contributed by atoms with Crippen LogP contribution in [0.1, 0.15) is 18.9 Å². The maximum absolute atomic E-state index is 12.2. The van der Waals surface area contributed by atoms with E-state index in [0.29, 0.717) is 31.3 Å². The van der Waals surface area contributed by atoms with Crippen LogP contribution in [0.5, 0.6) is 11.5 Å². The summed E-state index contributed by atoms with van der Waals surface area (Å²) in [6, 6.07) is 2.97. The Morgan fingerprint density at radius 1 is 1.30 bits per heavy atom. The number of fused-ring (bicyclic) bond motifs is 1. The molecule has 1 aromatic rings. The third-order valence-corrected chi connectivity index (χ3v) is 3.44. The predicted octanol–water partition coefficient (Wildman–Crippen LogP) is 3.65. The highest BCUT2D eigenvalue weighted by Crippen LogP contribution is 2.38. The van der Waals surface area contributed by atoms with Crippen LogP contribution in [0.4, 0.5) is 13.2 Å². The van der Waals surface area contributed by atoms with Gasteiger partial charge in [0.15, 0.2) is 11.5 Å². The van der Waals surface area contributed by atoms with E-state index in [-0.39, 0.29) is 0 Å². The standard InChI is InChI=1S/C13H15BrF3NO2/c1-8(6-13(15,16)17)18-7-9-4-10(14)12-11(5-9)19-2-3-20-12/h4-5,8,18H,2-3,6-7H2,1H3. The number of ether oxygens (including phenoxy) is 2. The van der Waals surface area contributed by atoms with E-state index in [0.717, 1.165) is 10.0 Å². The maximum Gasteiger partial charge on any atom is 0.390 e. The lowest BCUT2D eigenvalue weighted by molar-refractivity contribution is -0.139. The second-order valence-corrected chi connectivity index (χ2v) is 5.56. The molecule has 0 spiro atoms. The summed E-state index contributed by atoms with van der Waals surface area (Å²) in [5.41, 5.74) is 0.843. The number of alkyl halides is 3. The number of halogens is 4. The summed E-state index contributed by atoms with van der Waals surface area (Å²) >= 11 is 3.38. The maximum atomic E-state index is 12.2. The Morgan fingerprint density at radius 2 is 2.00 bits per heavy atom. The lowest BCUT2D eigenvalue weighted by Gasteiger charge is -2.21. The second-order valence-electron chi connectivity index (χ2n) is 4.70. The molecule has 3 nitrogen and oxygen atoms in total. The van der Waals surface area contributed by atoms with E-state index >= 15 is 0 Å². The molecule has 0 amide bonds. The predicted molar refractivity (Wildman–Crippen MR) is 72.1 cm³/mol. The van der Waals surface area contributed by atoms with E-state index in [2.05, 4.69) is 21.2 Å². The fourth-order valence-corrected chi connectivity index (χ4v) is 2.58. The summed E-state index contributed by atoms with van der Waals surface area (Å²) in [7, 11) is 0. The zero-order valence-electron chi connectivity index (χ0n) is 10.9. The summed E-state index contributed by atoms with van der Waals surface area (Å²) < 4.78 is 48.4. The van der Waals surface area contributed by atoms with E-state index < -0.39 is 18.6 Å². The number of benzene rings is 1. The molecule has 0 aromatic heterocycles. The fraction of sp³-hybridized carbons (Fsp3) is 0.538. The van der Waals surface area contributed by atoms with Crippen LogP contribution < -0.4 is 14.8 Å². The van der Waals surface area contributed by atoms with Crippen LogP contribution in [0.15, 0.2) is 16.6 Å². The molecule has 2 rings (SSSR count). The molecule has 112 valence electrons. The number of nitrogens with one attached hydrogen (secondary N) is 1. The van der Waals surface area contributed by atoms with Crippen LogP contribution >= 0.6 is 15.9 Å². The van der Waals surface area contributed by atoms with Gasteiger partial charge in [0, 0.05) is 12.6 Å². The van der Waals surface area contributed by atoms with Gasteiger partial charge in [0.2, 0.25) is 0 Å². The third kappa shape index (κ3) is 4.28. The minimum absolute atomic E-state index is 0.340. The molecule has 1 aliphatic rings. The monoisotopic (exact) mass is 353 g/mol. The molecule has 7 heteroatoms. The highest BCUT2D eigenvalue weighted by Gasteiger charge is 2.29. The van der Waals surface area contributed by atoms with Crippen molar-refractivity contribution in [2.75, 3.05) is 13.2 Å². The first-order valence-corrected chi connectivity index (χ1v) is 7.02. The Kier molecular flexibility index (Phi) is 4.80. The molecule has 1 unspecified atom stereocenters. The van der Waals surface area contributed by atoms with Gasteiger partial charge in [0.1, 0.15) is 13.2 Å². The van der Waals surface area contributed by atoms with E-state index in [1.54, 1.807) is 6.07 Å². The Bertz CT molecular complexity index is 479. The molecule has 0 saturated heterocycles. The molecular weight excluding hydrogens is 339 g/mol. The van der Waals surface area contributed by atoms with Gasteiger partial charge in [-0.05, 0) is 40.5 Å². The van der Waals surface area contributed by atoms with Crippen LogP contribution in [0.25, 0.3) is 0 Å². The molecule has 1 aromatic carbocycles. The summed E-state index contributed by atoms with van der Waals surface area (Å²) in [6.07, 6.45) is -5.00. The zero-order valence-corrected chi connectivity index (χ0v) is 12.5. The normalized spacial score (nSPS) is 16.1. The van der Waals surface area contributed by atoms with Crippen molar-refractivity contribution in [3.63, 3.8) is 0 Å². The van der Waals surface area contributed by atoms with Crippen LogP contribution in [0.2, 0.25) is 0 Å². The number of hydrogen-bond donors (Lipinski definition) is 1. The summed E-state index contributed by atoms with van der Waals surface area (Å²) in [5, 5.41) is 2.85. The minimum atomic E-state index is -4.15. The highest BCUT2D eigenvalue weighted by atomic mass is 79.9. The molecule has 1 atom stereocenters. The Morgan fingerprint density at radius 3 is 2.70 bits per heavy atom. The zero-order chi connectivity index (χ0) is 14.8. The Hall–Kier alpha value is -0.950. The van der Waals surface area contributed by atoms with Gasteiger partial charge in [-0.25, -0.2) is 0 Å². The van der Waals surface area contributed by atoms with Crippen LogP contribution in [-0.2, 0) is 6.54 Å². The quantitative estimate of drug-likeness (QED) is 0.896. The van der Waals surface area contributed by atoms with Gasteiger partial charge in [0.25, 0.3) is 0 Å². The van der Waals surface area contributed by atoms with E-state index in [1.807, 2.05) is 6.07 Å². The number of rotatable bonds is 4. The third-order valence-electron chi connectivity index (χ3n) is 2.85. The molecular formula is C13H15BrF3NO2. The average Bonchev–Trinajstić information content (AvgIpc) is 2.34. The van der Waals surface area contributed by atoms with Crippen LogP contribution in [-0.4, -0.2) is 25.4 Å². The van der Waals surface area contributed by atoms with Crippen molar-refractivity contribution >= 4 is 15.9 Å². The van der Waals surface area contributed by atoms with Crippen molar-refractivity contribution in [1.82, 2.24) is 5.32 Å². The fourth-order valence-electron chi connectivity index (χ4n) is 1.98. The largest absolute Gasteiger partial charge is 0.486 e. The molecule has 0 radical (unpaired) electrons. The molecule has 0 bridgehead atoms. The second kappa shape index (κ2) is 6.22. The van der Waals surface area contributed by atoms with Gasteiger partial charge in [-0.2, -0.15) is 13.2 Å². The van der Waals surface area contributed by atoms with Gasteiger partial charge in [-0.3, -0.25) is 0 Å². The lowest BCUT2D eigenvalue weighted by atomic mass is 10.1. The van der Waals surface area contributed by atoms with E-state index in [9.17, 15) is 13.2 Å². The average molecular weight is 354 g/mol. The Balaban J connectivity index is 1.98. The Labute approximate surface area is 123 Å². The summed E-state index contributed by atoms with van der Waals surface area (Å²) in [5.74, 6) is 1.26. The first-order valence-electron chi connectivity index (χ1n) is 6.23. The van der Waals surface area contributed by atoms with E-state index in [4.69, 9.17) is 9.47 Å². The van der Waals surface area contributed by atoms with Gasteiger partial charge in [0.05, 0.1) is 10.9 Å². The molecule has 0 aliphatic carbocycles. The van der Waals surface area contributed by atoms with Crippen LogP contribution in [0.3, 0.4) is 0 Å². The SMILES string of the molecule is CC(CC(F)(F)F)NCc1cc(Br)c2c(c1)OCCO2. The van der Waals surface area contributed by atoms with Crippen molar-refractivity contribution in [3.8, 4) is 11.5 Å². The first kappa shape index (κ1) is 15.4. The lowest BCUT2D eigenvalue weighted by Crippen LogP contribution is -2.30. The van der Waals surface area contributed by atoms with Crippen molar-refractivity contribution < 1.29 is 22.6 Å². The topological polar surface area (TPSA) is 30.5 Å². The van der Waals surface area contributed by atoms with E-state index in [1.165, 1.54) is 6.92 Å². The van der Waals surface area contributed by atoms with Crippen molar-refractivity contribution in [3.05, 3.63) is 22.2 Å². The molecule has 1 N–H and O–H groups in total. The molecule has 0 fully saturated rings. The van der Waals surface area contributed by atoms with Gasteiger partial charge in [-0.15, -0.1) is 0 Å². The van der Waals surface area contributed by atoms with Crippen molar-refractivity contribution in [1.29, 1.82) is 0 Å². The van der Waals surface area contributed by atoms with Crippen molar-refractivity contribution in [2.24, 2.45) is 0 Å². The highest BCUT2D eigenvalue weighted by molar-refractivity contribution is 9.10. The number of hydrogen-bond acceptors (Lipinski definition) is 3. The molecule has 1 heterocycles. The molecule has 0 saturated carbocycles. The smallest absolute Gasteiger partial charge is 0.390 e. The molecule has 20 heavy (non-hydrogen) atoms. The first-order chi connectivity index (χ1) is 9.35. The van der Waals surface area contributed by atoms with Gasteiger partial charge >= 0.3 is 6.18 Å².